The first-order valence-electron chi connectivity index (χ1n) is 9.43. The lowest BCUT2D eigenvalue weighted by Gasteiger charge is -2.23. The van der Waals surface area contributed by atoms with Crippen molar-refractivity contribution in [3.63, 3.8) is 0 Å². The van der Waals surface area contributed by atoms with Crippen molar-refractivity contribution in [3.05, 3.63) is 18.2 Å². The highest BCUT2D eigenvalue weighted by Gasteiger charge is 2.22. The minimum absolute atomic E-state index is 0.308. The van der Waals surface area contributed by atoms with Crippen LogP contribution in [0.3, 0.4) is 0 Å². The molecular formula is C19H30N2O6S. The van der Waals surface area contributed by atoms with E-state index in [4.69, 9.17) is 14.2 Å². The van der Waals surface area contributed by atoms with Crippen molar-refractivity contribution >= 4 is 21.6 Å². The van der Waals surface area contributed by atoms with Crippen LogP contribution in [0.4, 0.5) is 5.69 Å². The zero-order valence-corrected chi connectivity index (χ0v) is 17.6. The number of carbonyl (C=O) groups is 1. The van der Waals surface area contributed by atoms with Gasteiger partial charge in [0.15, 0.2) is 11.5 Å². The first-order chi connectivity index (χ1) is 13.3. The monoisotopic (exact) mass is 414 g/mol. The summed E-state index contributed by atoms with van der Waals surface area (Å²) in [5.74, 6) is 0.491. The molecule has 1 amide bonds. The molecule has 1 N–H and O–H groups in total. The van der Waals surface area contributed by atoms with E-state index in [0.29, 0.717) is 42.9 Å². The number of nitrogens with zero attached hydrogens (tertiary/aromatic N) is 1. The zero-order valence-electron chi connectivity index (χ0n) is 16.8. The molecule has 9 heteroatoms. The van der Waals surface area contributed by atoms with E-state index in [1.165, 1.54) is 33.1 Å². The molecule has 0 unspecified atom stereocenters. The maximum atomic E-state index is 12.3. The summed E-state index contributed by atoms with van der Waals surface area (Å²) < 4.78 is 41.6. The summed E-state index contributed by atoms with van der Waals surface area (Å²) in [7, 11) is -0.692. The molecule has 0 bridgehead atoms. The first-order valence-corrected chi connectivity index (χ1v) is 11.3. The standard InChI is InChI=1S/C19H30N2O6S/c1-25-17-10-9-15(13-18(17)26-2)21(28(3,23)24)14-19(22)20-11-6-12-27-16-7-4-5-8-16/h9-10,13,16H,4-8,11-12,14H2,1-3H3,(H,20,22). The van der Waals surface area contributed by atoms with Crippen LogP contribution in [0.5, 0.6) is 11.5 Å². The number of nitrogens with one attached hydrogen (secondary N) is 1. The first kappa shape index (κ1) is 22.3. The van der Waals surface area contributed by atoms with Gasteiger partial charge in [-0.25, -0.2) is 8.42 Å². The lowest BCUT2D eigenvalue weighted by Crippen LogP contribution is -2.40. The highest BCUT2D eigenvalue weighted by Crippen LogP contribution is 2.32. The van der Waals surface area contributed by atoms with E-state index >= 15 is 0 Å². The topological polar surface area (TPSA) is 94.2 Å². The Hall–Kier alpha value is -2.00. The van der Waals surface area contributed by atoms with Gasteiger partial charge in [0.2, 0.25) is 15.9 Å². The minimum atomic E-state index is -3.65. The normalized spacial score (nSPS) is 14.7. The van der Waals surface area contributed by atoms with Gasteiger partial charge in [0.05, 0.1) is 32.3 Å². The average molecular weight is 415 g/mol. The van der Waals surface area contributed by atoms with Crippen molar-refractivity contribution in [2.45, 2.75) is 38.2 Å². The summed E-state index contributed by atoms with van der Waals surface area (Å²) in [5.41, 5.74) is 0.333. The SMILES string of the molecule is COc1ccc(N(CC(=O)NCCCOC2CCCC2)S(C)(=O)=O)cc1OC. The van der Waals surface area contributed by atoms with Gasteiger partial charge >= 0.3 is 0 Å². The van der Waals surface area contributed by atoms with Crippen LogP contribution < -0.4 is 19.1 Å². The number of sulfonamides is 1. The molecule has 1 aliphatic rings. The molecule has 0 aliphatic heterocycles. The van der Waals surface area contributed by atoms with Crippen LogP contribution in [0.2, 0.25) is 0 Å². The number of anilines is 1. The predicted octanol–water partition coefficient (Wildman–Crippen LogP) is 1.94. The molecule has 0 atom stereocenters. The number of methoxy groups -OCH3 is 2. The van der Waals surface area contributed by atoms with Crippen LogP contribution in [-0.2, 0) is 19.6 Å². The summed E-state index contributed by atoms with van der Waals surface area (Å²) in [4.78, 5) is 12.3. The second-order valence-corrected chi connectivity index (χ2v) is 8.70. The lowest BCUT2D eigenvalue weighted by molar-refractivity contribution is -0.119. The Labute approximate surface area is 167 Å². The van der Waals surface area contributed by atoms with Gasteiger partial charge < -0.3 is 19.5 Å². The molecule has 0 radical (unpaired) electrons. The zero-order chi connectivity index (χ0) is 20.6. The second-order valence-electron chi connectivity index (χ2n) is 6.79. The smallest absolute Gasteiger partial charge is 0.240 e. The van der Waals surface area contributed by atoms with Gasteiger partial charge in [0.1, 0.15) is 6.54 Å². The van der Waals surface area contributed by atoms with Crippen molar-refractivity contribution in [2.24, 2.45) is 0 Å². The van der Waals surface area contributed by atoms with Gasteiger partial charge in [-0.05, 0) is 31.4 Å². The fourth-order valence-corrected chi connectivity index (χ4v) is 4.02. The van der Waals surface area contributed by atoms with Crippen molar-refractivity contribution in [1.29, 1.82) is 0 Å². The molecule has 1 aromatic carbocycles. The molecule has 1 fully saturated rings. The summed E-state index contributed by atoms with van der Waals surface area (Å²) in [6, 6.07) is 4.71. The van der Waals surface area contributed by atoms with Gasteiger partial charge in [0.25, 0.3) is 0 Å². The van der Waals surface area contributed by atoms with Crippen LogP contribution >= 0.6 is 0 Å². The number of rotatable bonds is 11. The molecule has 0 saturated heterocycles. The van der Waals surface area contributed by atoms with Gasteiger partial charge in [0, 0.05) is 19.2 Å². The quantitative estimate of drug-likeness (QED) is 0.556. The predicted molar refractivity (Wildman–Crippen MR) is 108 cm³/mol. The van der Waals surface area contributed by atoms with Gasteiger partial charge in [-0.15, -0.1) is 0 Å². The largest absolute Gasteiger partial charge is 0.493 e. The Morgan fingerprint density at radius 2 is 1.86 bits per heavy atom. The number of ether oxygens (including phenoxy) is 3. The van der Waals surface area contributed by atoms with Gasteiger partial charge in [-0.3, -0.25) is 9.10 Å². The van der Waals surface area contributed by atoms with E-state index in [0.717, 1.165) is 23.4 Å². The van der Waals surface area contributed by atoms with Crippen LogP contribution in [0.25, 0.3) is 0 Å². The Balaban J connectivity index is 1.90. The molecular weight excluding hydrogens is 384 g/mol. The van der Waals surface area contributed by atoms with E-state index in [2.05, 4.69) is 5.32 Å². The van der Waals surface area contributed by atoms with Crippen LogP contribution in [0, 0.1) is 0 Å². The second kappa shape index (κ2) is 10.5. The molecule has 0 aromatic heterocycles. The Morgan fingerprint density at radius 3 is 2.46 bits per heavy atom. The number of hydrogen-bond acceptors (Lipinski definition) is 6. The van der Waals surface area contributed by atoms with Gasteiger partial charge in [-0.1, -0.05) is 12.8 Å². The van der Waals surface area contributed by atoms with E-state index in [1.807, 2.05) is 0 Å². The Morgan fingerprint density at radius 1 is 1.18 bits per heavy atom. The summed E-state index contributed by atoms with van der Waals surface area (Å²) in [6.07, 6.45) is 6.77. The fourth-order valence-electron chi connectivity index (χ4n) is 3.17. The average Bonchev–Trinajstić information content (AvgIpc) is 3.18. The third kappa shape index (κ3) is 6.56. The number of benzene rings is 1. The van der Waals surface area contributed by atoms with E-state index in [1.54, 1.807) is 12.1 Å². The summed E-state index contributed by atoms with van der Waals surface area (Å²) in [5, 5.41) is 2.75. The Bertz CT molecular complexity index is 747. The van der Waals surface area contributed by atoms with Crippen molar-refractivity contribution in [1.82, 2.24) is 5.32 Å². The molecule has 2 rings (SSSR count). The molecule has 1 aromatic rings. The van der Waals surface area contributed by atoms with Gasteiger partial charge in [-0.2, -0.15) is 0 Å². The van der Waals surface area contributed by atoms with Crippen molar-refractivity contribution in [2.75, 3.05) is 44.5 Å². The summed E-state index contributed by atoms with van der Waals surface area (Å²) in [6.45, 7) is 0.725. The highest BCUT2D eigenvalue weighted by atomic mass is 32.2. The molecule has 28 heavy (non-hydrogen) atoms. The number of amides is 1. The maximum absolute atomic E-state index is 12.3. The molecule has 0 heterocycles. The summed E-state index contributed by atoms with van der Waals surface area (Å²) >= 11 is 0. The van der Waals surface area contributed by atoms with Crippen LogP contribution in [-0.4, -0.2) is 60.6 Å². The molecule has 1 aliphatic carbocycles. The van der Waals surface area contributed by atoms with Crippen LogP contribution in [0.15, 0.2) is 18.2 Å². The highest BCUT2D eigenvalue weighted by molar-refractivity contribution is 7.92. The Kier molecular flexibility index (Phi) is 8.37. The number of hydrogen-bond donors (Lipinski definition) is 1. The maximum Gasteiger partial charge on any atom is 0.240 e. The van der Waals surface area contributed by atoms with E-state index in [-0.39, 0.29) is 12.5 Å². The molecule has 0 spiro atoms. The number of carbonyl (C=O) groups excluding carboxylic acids is 1. The van der Waals surface area contributed by atoms with Crippen molar-refractivity contribution in [3.8, 4) is 11.5 Å². The fraction of sp³-hybridized carbons (Fsp3) is 0.632. The van der Waals surface area contributed by atoms with Crippen LogP contribution in [0.1, 0.15) is 32.1 Å². The van der Waals surface area contributed by atoms with Crippen molar-refractivity contribution < 1.29 is 27.4 Å². The molecule has 1 saturated carbocycles. The third-order valence-electron chi connectivity index (χ3n) is 4.64. The van der Waals surface area contributed by atoms with E-state index < -0.39 is 10.0 Å². The molecule has 158 valence electrons. The van der Waals surface area contributed by atoms with E-state index in [9.17, 15) is 13.2 Å². The minimum Gasteiger partial charge on any atom is -0.493 e. The third-order valence-corrected chi connectivity index (χ3v) is 5.78. The lowest BCUT2D eigenvalue weighted by atomic mass is 10.2. The molecule has 8 nitrogen and oxygen atoms in total.